The number of carbonyl (C=O) groups excluding carboxylic acids is 1. The monoisotopic (exact) mass is 247 g/mol. The predicted octanol–water partition coefficient (Wildman–Crippen LogP) is 2.24. The van der Waals surface area contributed by atoms with E-state index in [1.165, 1.54) is 0 Å². The Kier molecular flexibility index (Phi) is 3.11. The van der Waals surface area contributed by atoms with Crippen LogP contribution in [-0.4, -0.2) is 27.9 Å². The Morgan fingerprint density at radius 1 is 1.33 bits per heavy atom. The molecule has 0 bridgehead atoms. The van der Waals surface area contributed by atoms with Crippen molar-refractivity contribution in [1.29, 1.82) is 0 Å². The fourth-order valence-corrected chi connectivity index (χ4v) is 2.17. The van der Waals surface area contributed by atoms with Gasteiger partial charge in [0.15, 0.2) is 0 Å². The summed E-state index contributed by atoms with van der Waals surface area (Å²) >= 11 is 0. The lowest BCUT2D eigenvalue weighted by atomic mass is 9.97. The third-order valence-corrected chi connectivity index (χ3v) is 3.46. The SMILES string of the molecule is CC(C(=O)O)c1ccc2c(c1)C(=O)N(C(C)C)C2. The van der Waals surface area contributed by atoms with E-state index in [-0.39, 0.29) is 11.9 Å². The van der Waals surface area contributed by atoms with E-state index < -0.39 is 11.9 Å². The maximum atomic E-state index is 12.2. The number of hydrogen-bond acceptors (Lipinski definition) is 2. The highest BCUT2D eigenvalue weighted by Gasteiger charge is 2.30. The number of aliphatic carboxylic acids is 1. The third-order valence-electron chi connectivity index (χ3n) is 3.46. The molecule has 1 aromatic carbocycles. The number of nitrogens with zero attached hydrogens (tertiary/aromatic N) is 1. The van der Waals surface area contributed by atoms with Gasteiger partial charge >= 0.3 is 5.97 Å². The Morgan fingerprint density at radius 3 is 2.56 bits per heavy atom. The van der Waals surface area contributed by atoms with Gasteiger partial charge in [-0.25, -0.2) is 0 Å². The number of rotatable bonds is 3. The number of benzene rings is 1. The lowest BCUT2D eigenvalue weighted by Crippen LogP contribution is -2.30. The molecule has 0 saturated carbocycles. The molecule has 1 atom stereocenters. The van der Waals surface area contributed by atoms with Gasteiger partial charge in [-0.3, -0.25) is 9.59 Å². The molecule has 0 fully saturated rings. The molecule has 0 aliphatic carbocycles. The molecule has 96 valence electrons. The maximum absolute atomic E-state index is 12.2. The summed E-state index contributed by atoms with van der Waals surface area (Å²) in [4.78, 5) is 24.9. The molecule has 1 heterocycles. The number of amides is 1. The Hall–Kier alpha value is -1.84. The van der Waals surface area contributed by atoms with Gasteiger partial charge in [-0.05, 0) is 38.0 Å². The molecule has 0 aromatic heterocycles. The number of fused-ring (bicyclic) bond motifs is 1. The summed E-state index contributed by atoms with van der Waals surface area (Å²) in [5.41, 5.74) is 2.31. The fourth-order valence-electron chi connectivity index (χ4n) is 2.17. The highest BCUT2D eigenvalue weighted by atomic mass is 16.4. The summed E-state index contributed by atoms with van der Waals surface area (Å²) in [5.74, 6) is -1.46. The summed E-state index contributed by atoms with van der Waals surface area (Å²) in [7, 11) is 0. The maximum Gasteiger partial charge on any atom is 0.310 e. The second kappa shape index (κ2) is 4.44. The van der Waals surface area contributed by atoms with E-state index in [2.05, 4.69) is 0 Å². The summed E-state index contributed by atoms with van der Waals surface area (Å²) in [6.07, 6.45) is 0. The van der Waals surface area contributed by atoms with Crippen LogP contribution < -0.4 is 0 Å². The first-order valence-electron chi connectivity index (χ1n) is 6.08. The molecular formula is C14H17NO3. The van der Waals surface area contributed by atoms with Crippen molar-refractivity contribution in [2.75, 3.05) is 0 Å². The van der Waals surface area contributed by atoms with Crippen LogP contribution in [0.4, 0.5) is 0 Å². The normalized spacial score (nSPS) is 16.0. The van der Waals surface area contributed by atoms with Crippen molar-refractivity contribution in [3.8, 4) is 0 Å². The molecule has 0 saturated heterocycles. The summed E-state index contributed by atoms with van der Waals surface area (Å²) in [5, 5.41) is 8.99. The molecule has 2 rings (SSSR count). The molecule has 1 aromatic rings. The molecule has 1 aliphatic heterocycles. The second-order valence-electron chi connectivity index (χ2n) is 5.00. The van der Waals surface area contributed by atoms with E-state index in [0.29, 0.717) is 17.7 Å². The molecule has 18 heavy (non-hydrogen) atoms. The van der Waals surface area contributed by atoms with Gasteiger partial charge in [0.25, 0.3) is 5.91 Å². The molecule has 4 nitrogen and oxygen atoms in total. The molecular weight excluding hydrogens is 230 g/mol. The van der Waals surface area contributed by atoms with E-state index in [1.807, 2.05) is 19.9 Å². The number of carboxylic acid groups (broad SMARTS) is 1. The minimum atomic E-state index is -0.874. The lowest BCUT2D eigenvalue weighted by molar-refractivity contribution is -0.138. The topological polar surface area (TPSA) is 57.6 Å². The first kappa shape index (κ1) is 12.6. The van der Waals surface area contributed by atoms with Crippen molar-refractivity contribution in [2.45, 2.75) is 39.3 Å². The summed E-state index contributed by atoms with van der Waals surface area (Å²) in [6.45, 7) is 6.20. The van der Waals surface area contributed by atoms with Crippen molar-refractivity contribution in [3.05, 3.63) is 34.9 Å². The van der Waals surface area contributed by atoms with Crippen LogP contribution in [0.15, 0.2) is 18.2 Å². The van der Waals surface area contributed by atoms with Crippen LogP contribution in [0.2, 0.25) is 0 Å². The van der Waals surface area contributed by atoms with Crippen LogP contribution in [0.25, 0.3) is 0 Å². The molecule has 1 N–H and O–H groups in total. The number of hydrogen-bond donors (Lipinski definition) is 1. The highest BCUT2D eigenvalue weighted by molar-refractivity contribution is 5.99. The number of carboxylic acids is 1. The van der Waals surface area contributed by atoms with Crippen LogP contribution in [0.5, 0.6) is 0 Å². The second-order valence-corrected chi connectivity index (χ2v) is 5.00. The van der Waals surface area contributed by atoms with Crippen molar-refractivity contribution < 1.29 is 14.7 Å². The zero-order valence-corrected chi connectivity index (χ0v) is 10.8. The Balaban J connectivity index is 2.36. The first-order valence-corrected chi connectivity index (χ1v) is 6.08. The van der Waals surface area contributed by atoms with Crippen LogP contribution in [0.1, 0.15) is 48.2 Å². The van der Waals surface area contributed by atoms with Crippen molar-refractivity contribution in [2.24, 2.45) is 0 Å². The predicted molar refractivity (Wildman–Crippen MR) is 67.5 cm³/mol. The van der Waals surface area contributed by atoms with E-state index >= 15 is 0 Å². The number of carbonyl (C=O) groups is 2. The van der Waals surface area contributed by atoms with E-state index in [1.54, 1.807) is 24.0 Å². The van der Waals surface area contributed by atoms with Crippen LogP contribution in [0, 0.1) is 0 Å². The van der Waals surface area contributed by atoms with Gasteiger partial charge < -0.3 is 10.0 Å². The average molecular weight is 247 g/mol. The molecule has 1 unspecified atom stereocenters. The third kappa shape index (κ3) is 1.98. The van der Waals surface area contributed by atoms with Crippen LogP contribution in [-0.2, 0) is 11.3 Å². The zero-order chi connectivity index (χ0) is 13.4. The van der Waals surface area contributed by atoms with Gasteiger partial charge in [-0.1, -0.05) is 12.1 Å². The Labute approximate surface area is 106 Å². The Bertz CT molecular complexity index is 508. The lowest BCUT2D eigenvalue weighted by Gasteiger charge is -2.19. The standard InChI is InChI=1S/C14H17NO3/c1-8(2)15-7-11-5-4-10(9(3)14(17)18)6-12(11)13(15)16/h4-6,8-9H,7H2,1-3H3,(H,17,18). The van der Waals surface area contributed by atoms with Gasteiger partial charge in [0.2, 0.25) is 0 Å². The molecule has 4 heteroatoms. The molecule has 0 radical (unpaired) electrons. The highest BCUT2D eigenvalue weighted by Crippen LogP contribution is 2.28. The van der Waals surface area contributed by atoms with Gasteiger partial charge in [0.05, 0.1) is 5.92 Å². The minimum absolute atomic E-state index is 0.000520. The molecule has 0 spiro atoms. The summed E-state index contributed by atoms with van der Waals surface area (Å²) in [6, 6.07) is 5.54. The molecule has 1 aliphatic rings. The van der Waals surface area contributed by atoms with Crippen LogP contribution >= 0.6 is 0 Å². The van der Waals surface area contributed by atoms with Gasteiger partial charge in [0.1, 0.15) is 0 Å². The quantitative estimate of drug-likeness (QED) is 0.891. The van der Waals surface area contributed by atoms with Crippen molar-refractivity contribution in [3.63, 3.8) is 0 Å². The smallest absolute Gasteiger partial charge is 0.310 e. The van der Waals surface area contributed by atoms with E-state index in [0.717, 1.165) is 5.56 Å². The van der Waals surface area contributed by atoms with E-state index in [4.69, 9.17) is 5.11 Å². The Morgan fingerprint density at radius 2 is 2.00 bits per heavy atom. The van der Waals surface area contributed by atoms with Gasteiger partial charge in [0, 0.05) is 18.2 Å². The van der Waals surface area contributed by atoms with E-state index in [9.17, 15) is 9.59 Å². The van der Waals surface area contributed by atoms with Crippen LogP contribution in [0.3, 0.4) is 0 Å². The first-order chi connectivity index (χ1) is 8.41. The average Bonchev–Trinajstić information content (AvgIpc) is 2.65. The largest absolute Gasteiger partial charge is 0.481 e. The van der Waals surface area contributed by atoms with Crippen molar-refractivity contribution in [1.82, 2.24) is 4.90 Å². The molecule has 1 amide bonds. The fraction of sp³-hybridized carbons (Fsp3) is 0.429. The minimum Gasteiger partial charge on any atom is -0.481 e. The van der Waals surface area contributed by atoms with Gasteiger partial charge in [-0.15, -0.1) is 0 Å². The van der Waals surface area contributed by atoms with Crippen molar-refractivity contribution >= 4 is 11.9 Å². The summed E-state index contributed by atoms with van der Waals surface area (Å²) < 4.78 is 0. The zero-order valence-electron chi connectivity index (χ0n) is 10.8. The van der Waals surface area contributed by atoms with Gasteiger partial charge in [-0.2, -0.15) is 0 Å².